The van der Waals surface area contributed by atoms with Gasteiger partial charge in [0.2, 0.25) is 17.5 Å². The number of nitrogens with one attached hydrogen (secondary N) is 1. The Morgan fingerprint density at radius 1 is 1.03 bits per heavy atom. The lowest BCUT2D eigenvalue weighted by Gasteiger charge is -2.25. The second-order valence-electron chi connectivity index (χ2n) is 6.89. The highest BCUT2D eigenvalue weighted by Gasteiger charge is 2.49. The highest BCUT2D eigenvalue weighted by Crippen LogP contribution is 2.35. The minimum Gasteiger partial charge on any atom is -0.326 e. The maximum atomic E-state index is 13.2. The summed E-state index contributed by atoms with van der Waals surface area (Å²) < 4.78 is 27.2. The number of anilines is 1. The molecular formula is C21H17N3O5S. The molecule has 4 rings (SSSR count). The van der Waals surface area contributed by atoms with Crippen molar-refractivity contribution in [1.82, 2.24) is 4.41 Å². The van der Waals surface area contributed by atoms with Crippen LogP contribution in [0.5, 0.6) is 0 Å². The number of Topliss-reactive ketones (excluding diaryl/α,β-unsaturated/α-hetero) is 1. The molecule has 1 N–H and O–H groups in total. The number of fused-ring (bicyclic) bond motifs is 1. The number of allylic oxidation sites excluding steroid dienone is 1. The van der Waals surface area contributed by atoms with Crippen LogP contribution in [0.2, 0.25) is 0 Å². The fourth-order valence-corrected chi connectivity index (χ4v) is 4.91. The number of sulfonamides is 1. The Bertz CT molecular complexity index is 1200. The second-order valence-corrected chi connectivity index (χ2v) is 8.69. The molecule has 2 atom stereocenters. The van der Waals surface area contributed by atoms with E-state index < -0.39 is 33.5 Å². The molecule has 0 aromatic heterocycles. The number of nitrogens with zero attached hydrogens (tertiary/aromatic N) is 2. The standard InChI is InChI=1S/C21H17N3O5S/c1-13(25)22-15-9-7-14(8-10-15)20-19-17(11-12-18(26)21(19)27)24(23-20)30(28,29)16-5-3-2-4-6-16/h2-12,17,19H,1H3,(H,22,25). The molecular weight excluding hydrogens is 406 g/mol. The molecule has 2 aliphatic rings. The Kier molecular flexibility index (Phi) is 4.83. The Labute approximate surface area is 172 Å². The van der Waals surface area contributed by atoms with Crippen molar-refractivity contribution in [3.8, 4) is 0 Å². The molecule has 0 bridgehead atoms. The van der Waals surface area contributed by atoms with Crippen LogP contribution in [-0.4, -0.2) is 42.1 Å². The summed E-state index contributed by atoms with van der Waals surface area (Å²) in [5, 5.41) is 6.91. The summed E-state index contributed by atoms with van der Waals surface area (Å²) in [7, 11) is -4.04. The van der Waals surface area contributed by atoms with Gasteiger partial charge >= 0.3 is 0 Å². The molecule has 1 aliphatic carbocycles. The first-order chi connectivity index (χ1) is 14.3. The van der Waals surface area contributed by atoms with Crippen LogP contribution in [0.1, 0.15) is 12.5 Å². The van der Waals surface area contributed by atoms with Crippen LogP contribution in [0.25, 0.3) is 0 Å². The fraction of sp³-hybridized carbons (Fsp3) is 0.143. The average Bonchev–Trinajstić information content (AvgIpc) is 3.13. The van der Waals surface area contributed by atoms with E-state index in [4.69, 9.17) is 0 Å². The van der Waals surface area contributed by atoms with Crippen LogP contribution in [0.3, 0.4) is 0 Å². The maximum absolute atomic E-state index is 13.2. The van der Waals surface area contributed by atoms with Crippen LogP contribution in [-0.2, 0) is 24.4 Å². The third-order valence-corrected chi connectivity index (χ3v) is 6.54. The average molecular weight is 423 g/mol. The molecule has 152 valence electrons. The van der Waals surface area contributed by atoms with E-state index in [1.807, 2.05) is 0 Å². The molecule has 2 aromatic carbocycles. The van der Waals surface area contributed by atoms with E-state index in [-0.39, 0.29) is 16.5 Å². The van der Waals surface area contributed by atoms with E-state index in [9.17, 15) is 22.8 Å². The summed E-state index contributed by atoms with van der Waals surface area (Å²) in [6.07, 6.45) is 2.49. The summed E-state index contributed by atoms with van der Waals surface area (Å²) in [6.45, 7) is 1.38. The van der Waals surface area contributed by atoms with Crippen LogP contribution in [0.4, 0.5) is 5.69 Å². The van der Waals surface area contributed by atoms with E-state index >= 15 is 0 Å². The first-order valence-electron chi connectivity index (χ1n) is 9.11. The number of rotatable bonds is 4. The lowest BCUT2D eigenvalue weighted by Crippen LogP contribution is -2.44. The number of hydrazone groups is 1. The van der Waals surface area contributed by atoms with Crippen molar-refractivity contribution in [1.29, 1.82) is 0 Å². The van der Waals surface area contributed by atoms with Gasteiger partial charge < -0.3 is 5.32 Å². The molecule has 8 nitrogen and oxygen atoms in total. The molecule has 0 radical (unpaired) electrons. The summed E-state index contributed by atoms with van der Waals surface area (Å²) >= 11 is 0. The summed E-state index contributed by atoms with van der Waals surface area (Å²) in [6, 6.07) is 13.3. The predicted molar refractivity (Wildman–Crippen MR) is 109 cm³/mol. The lowest BCUT2D eigenvalue weighted by molar-refractivity contribution is -0.135. The molecule has 2 aromatic rings. The van der Waals surface area contributed by atoms with Crippen molar-refractivity contribution in [2.24, 2.45) is 11.0 Å². The molecule has 0 spiro atoms. The highest BCUT2D eigenvalue weighted by atomic mass is 32.2. The van der Waals surface area contributed by atoms with Crippen molar-refractivity contribution in [3.63, 3.8) is 0 Å². The zero-order valence-electron chi connectivity index (χ0n) is 15.8. The third kappa shape index (κ3) is 3.33. The molecule has 9 heteroatoms. The van der Waals surface area contributed by atoms with Gasteiger partial charge in [-0.1, -0.05) is 36.4 Å². The molecule has 1 heterocycles. The number of benzene rings is 2. The zero-order chi connectivity index (χ0) is 21.5. The van der Waals surface area contributed by atoms with Gasteiger partial charge in [-0.3, -0.25) is 14.4 Å². The smallest absolute Gasteiger partial charge is 0.279 e. The van der Waals surface area contributed by atoms with E-state index in [1.54, 1.807) is 42.5 Å². The topological polar surface area (TPSA) is 113 Å². The van der Waals surface area contributed by atoms with Crippen molar-refractivity contribution in [2.75, 3.05) is 5.32 Å². The summed E-state index contributed by atoms with van der Waals surface area (Å²) in [5.74, 6) is -2.68. The number of carbonyl (C=O) groups is 3. The Morgan fingerprint density at radius 2 is 1.70 bits per heavy atom. The first kappa shape index (κ1) is 19.7. The highest BCUT2D eigenvalue weighted by molar-refractivity contribution is 7.89. The number of carbonyl (C=O) groups excluding carboxylic acids is 3. The molecule has 30 heavy (non-hydrogen) atoms. The van der Waals surface area contributed by atoms with Gasteiger partial charge in [-0.25, -0.2) is 0 Å². The monoisotopic (exact) mass is 423 g/mol. The molecule has 0 saturated heterocycles. The van der Waals surface area contributed by atoms with Crippen molar-refractivity contribution < 1.29 is 22.8 Å². The van der Waals surface area contributed by atoms with Crippen molar-refractivity contribution >= 4 is 38.9 Å². The second kappa shape index (κ2) is 7.34. The van der Waals surface area contributed by atoms with Crippen LogP contribution in [0.15, 0.2) is 76.7 Å². The van der Waals surface area contributed by atoms with E-state index in [2.05, 4.69) is 10.4 Å². The predicted octanol–water partition coefficient (Wildman–Crippen LogP) is 1.75. The number of hydrogen-bond donors (Lipinski definition) is 1. The van der Waals surface area contributed by atoms with Crippen LogP contribution >= 0.6 is 0 Å². The van der Waals surface area contributed by atoms with E-state index in [0.29, 0.717) is 11.3 Å². The molecule has 0 fully saturated rings. The minimum atomic E-state index is -4.04. The summed E-state index contributed by atoms with van der Waals surface area (Å²) in [5.41, 5.74) is 1.22. The van der Waals surface area contributed by atoms with Crippen molar-refractivity contribution in [2.45, 2.75) is 17.9 Å². The van der Waals surface area contributed by atoms with Gasteiger partial charge in [-0.05, 0) is 35.9 Å². The van der Waals surface area contributed by atoms with E-state index in [1.165, 1.54) is 25.1 Å². The van der Waals surface area contributed by atoms with Gasteiger partial charge in [0.15, 0.2) is 0 Å². The van der Waals surface area contributed by atoms with Crippen LogP contribution in [0, 0.1) is 5.92 Å². The third-order valence-electron chi connectivity index (χ3n) is 4.86. The largest absolute Gasteiger partial charge is 0.326 e. The SMILES string of the molecule is CC(=O)Nc1ccc(C2=NN(S(=O)(=O)c3ccccc3)C3C=CC(=O)C(=O)C23)cc1. The number of hydrogen-bond acceptors (Lipinski definition) is 6. The molecule has 1 aliphatic heterocycles. The minimum absolute atomic E-state index is 0.0347. The van der Waals surface area contributed by atoms with E-state index in [0.717, 1.165) is 10.5 Å². The van der Waals surface area contributed by atoms with Gasteiger partial charge in [0.1, 0.15) is 0 Å². The molecule has 0 saturated carbocycles. The van der Waals surface area contributed by atoms with Gasteiger partial charge in [0.05, 0.1) is 22.6 Å². The lowest BCUT2D eigenvalue weighted by atomic mass is 9.83. The normalized spacial score (nSPS) is 20.7. The molecule has 2 unspecified atom stereocenters. The van der Waals surface area contributed by atoms with Crippen LogP contribution < -0.4 is 5.32 Å². The Hall–Kier alpha value is -3.59. The van der Waals surface area contributed by atoms with Gasteiger partial charge in [-0.2, -0.15) is 17.9 Å². The number of amides is 1. The fourth-order valence-electron chi connectivity index (χ4n) is 3.49. The molecule has 1 amide bonds. The van der Waals surface area contributed by atoms with Crippen molar-refractivity contribution in [3.05, 3.63) is 72.3 Å². The zero-order valence-corrected chi connectivity index (χ0v) is 16.7. The van der Waals surface area contributed by atoms with Gasteiger partial charge in [-0.15, -0.1) is 0 Å². The van der Waals surface area contributed by atoms with Gasteiger partial charge in [0.25, 0.3) is 10.0 Å². The first-order valence-corrected chi connectivity index (χ1v) is 10.6. The Balaban J connectivity index is 1.80. The maximum Gasteiger partial charge on any atom is 0.279 e. The number of ketones is 2. The Morgan fingerprint density at radius 3 is 2.33 bits per heavy atom. The summed E-state index contributed by atoms with van der Waals surface area (Å²) in [4.78, 5) is 35.9. The van der Waals surface area contributed by atoms with Gasteiger partial charge in [0, 0.05) is 12.6 Å². The quantitative estimate of drug-likeness (QED) is 0.753.